The number of carbonyl (C=O) groups is 1. The minimum Gasteiger partial charge on any atom is -0.272 e. The Morgan fingerprint density at radius 1 is 1.54 bits per heavy atom. The van der Waals surface area contributed by atoms with Crippen LogP contribution in [-0.4, -0.2) is 30.8 Å². The molecule has 0 fully saturated rings. The van der Waals surface area contributed by atoms with Crippen LogP contribution in [0.1, 0.15) is 13.8 Å². The van der Waals surface area contributed by atoms with E-state index < -0.39 is 0 Å². The Hall–Kier alpha value is -1.09. The second-order valence-electron chi connectivity index (χ2n) is 3.57. The standard InChI is InChI=1S/C10H18NO2/c1-7-9(4)11(5,6)13-10(12)8(2)3/h7,9H,1-2H2,3-6H3/q+1. The largest absolute Gasteiger partial charge is 0.392 e. The molecule has 0 aliphatic rings. The lowest BCUT2D eigenvalue weighted by Crippen LogP contribution is -2.47. The first kappa shape index (κ1) is 11.9. The van der Waals surface area contributed by atoms with Crippen molar-refractivity contribution in [1.82, 2.24) is 0 Å². The van der Waals surface area contributed by atoms with Gasteiger partial charge in [-0.1, -0.05) is 13.2 Å². The van der Waals surface area contributed by atoms with Crippen LogP contribution >= 0.6 is 0 Å². The lowest BCUT2D eigenvalue weighted by Gasteiger charge is -2.30. The second-order valence-corrected chi connectivity index (χ2v) is 3.57. The molecule has 0 aliphatic heterocycles. The Bertz CT molecular complexity index is 231. The maximum absolute atomic E-state index is 11.2. The molecule has 74 valence electrons. The van der Waals surface area contributed by atoms with Crippen LogP contribution < -0.4 is 0 Å². The van der Waals surface area contributed by atoms with Crippen LogP contribution in [0.2, 0.25) is 0 Å². The Morgan fingerprint density at radius 3 is 2.31 bits per heavy atom. The Morgan fingerprint density at radius 2 is 2.00 bits per heavy atom. The highest BCUT2D eigenvalue weighted by atomic mass is 16.7. The lowest BCUT2D eigenvalue weighted by molar-refractivity contribution is -1.07. The van der Waals surface area contributed by atoms with Gasteiger partial charge in [0.05, 0.1) is 0 Å². The molecule has 0 aromatic carbocycles. The van der Waals surface area contributed by atoms with E-state index in [1.165, 1.54) is 0 Å². The van der Waals surface area contributed by atoms with Crippen molar-refractivity contribution >= 4 is 5.97 Å². The fourth-order valence-electron chi connectivity index (χ4n) is 0.629. The van der Waals surface area contributed by atoms with Crippen molar-refractivity contribution in [1.29, 1.82) is 0 Å². The van der Waals surface area contributed by atoms with Gasteiger partial charge in [-0.05, 0) is 19.9 Å². The van der Waals surface area contributed by atoms with E-state index in [1.807, 2.05) is 6.92 Å². The average Bonchev–Trinajstić information content (AvgIpc) is 2.01. The molecule has 0 spiro atoms. The van der Waals surface area contributed by atoms with Crippen molar-refractivity contribution in [3.63, 3.8) is 0 Å². The van der Waals surface area contributed by atoms with Crippen LogP contribution in [0.5, 0.6) is 0 Å². The van der Waals surface area contributed by atoms with E-state index >= 15 is 0 Å². The summed E-state index contributed by atoms with van der Waals surface area (Å²) in [6.07, 6.45) is 1.74. The molecule has 1 unspecified atom stereocenters. The number of quaternary nitrogens is 1. The fraction of sp³-hybridized carbons (Fsp3) is 0.500. The molecule has 0 aromatic heterocycles. The summed E-state index contributed by atoms with van der Waals surface area (Å²) >= 11 is 0. The molecule has 0 heterocycles. The Kier molecular flexibility index (Phi) is 3.88. The minimum atomic E-state index is -0.376. The highest BCUT2D eigenvalue weighted by Crippen LogP contribution is 2.10. The van der Waals surface area contributed by atoms with Crippen LogP contribution in [0.3, 0.4) is 0 Å². The summed E-state index contributed by atoms with van der Waals surface area (Å²) in [5.41, 5.74) is 0.405. The van der Waals surface area contributed by atoms with Crippen molar-refractivity contribution in [2.45, 2.75) is 19.9 Å². The number of hydroxylamine groups is 3. The second kappa shape index (κ2) is 4.23. The summed E-state index contributed by atoms with van der Waals surface area (Å²) < 4.78 is 0.134. The first-order valence-corrected chi connectivity index (χ1v) is 4.17. The van der Waals surface area contributed by atoms with Crippen LogP contribution in [0, 0.1) is 0 Å². The smallest absolute Gasteiger partial charge is 0.272 e. The lowest BCUT2D eigenvalue weighted by atomic mass is 10.3. The van der Waals surface area contributed by atoms with Crippen LogP contribution in [0.25, 0.3) is 0 Å². The normalized spacial score (nSPS) is 13.2. The van der Waals surface area contributed by atoms with Gasteiger partial charge < -0.3 is 0 Å². The van der Waals surface area contributed by atoms with E-state index in [4.69, 9.17) is 4.84 Å². The highest BCUT2D eigenvalue weighted by molar-refractivity contribution is 5.86. The van der Waals surface area contributed by atoms with Gasteiger partial charge in [-0.3, -0.25) is 4.84 Å². The molecule has 3 nitrogen and oxygen atoms in total. The van der Waals surface area contributed by atoms with Crippen molar-refractivity contribution < 1.29 is 14.3 Å². The molecule has 0 amide bonds. The van der Waals surface area contributed by atoms with Gasteiger partial charge in [0, 0.05) is 5.57 Å². The zero-order valence-electron chi connectivity index (χ0n) is 8.83. The number of hydrogen-bond acceptors (Lipinski definition) is 2. The Labute approximate surface area is 79.8 Å². The van der Waals surface area contributed by atoms with Gasteiger partial charge in [-0.2, -0.15) is 0 Å². The van der Waals surface area contributed by atoms with Crippen molar-refractivity contribution in [3.8, 4) is 0 Å². The molecule has 0 saturated heterocycles. The summed E-state index contributed by atoms with van der Waals surface area (Å²) in [5.74, 6) is -0.376. The zero-order chi connectivity index (χ0) is 10.6. The molecular formula is C10H18NO2+. The fourth-order valence-corrected chi connectivity index (χ4v) is 0.629. The number of carbonyl (C=O) groups excluding carboxylic acids is 1. The molecule has 0 saturated carbocycles. The third-order valence-electron chi connectivity index (χ3n) is 1.99. The average molecular weight is 184 g/mol. The summed E-state index contributed by atoms with van der Waals surface area (Å²) in [4.78, 5) is 16.4. The third-order valence-corrected chi connectivity index (χ3v) is 1.99. The minimum absolute atomic E-state index is 0.0586. The first-order chi connectivity index (χ1) is 5.81. The molecule has 0 radical (unpaired) electrons. The zero-order valence-corrected chi connectivity index (χ0v) is 8.83. The summed E-state index contributed by atoms with van der Waals surface area (Å²) in [5, 5.41) is 0. The van der Waals surface area contributed by atoms with Gasteiger partial charge in [-0.25, -0.2) is 4.79 Å². The van der Waals surface area contributed by atoms with Gasteiger partial charge >= 0.3 is 5.97 Å². The van der Waals surface area contributed by atoms with Crippen molar-refractivity contribution in [2.24, 2.45) is 0 Å². The summed E-state index contributed by atoms with van der Waals surface area (Å²) in [6.45, 7) is 10.7. The number of likely N-dealkylation sites (N-methyl/N-ethyl adjacent to an activating group) is 1. The van der Waals surface area contributed by atoms with Crippen LogP contribution in [0.15, 0.2) is 24.8 Å². The first-order valence-electron chi connectivity index (χ1n) is 4.17. The van der Waals surface area contributed by atoms with Crippen LogP contribution in [0.4, 0.5) is 0 Å². The highest BCUT2D eigenvalue weighted by Gasteiger charge is 2.27. The maximum atomic E-state index is 11.2. The van der Waals surface area contributed by atoms with Gasteiger partial charge in [0.2, 0.25) is 0 Å². The topological polar surface area (TPSA) is 26.3 Å². The predicted octanol–water partition coefficient (Wildman–Crippen LogP) is 1.67. The van der Waals surface area contributed by atoms with Crippen LogP contribution in [-0.2, 0) is 9.63 Å². The van der Waals surface area contributed by atoms with E-state index in [0.717, 1.165) is 0 Å². The van der Waals surface area contributed by atoms with E-state index in [0.29, 0.717) is 5.57 Å². The number of nitrogens with zero attached hydrogens (tertiary/aromatic N) is 1. The van der Waals surface area contributed by atoms with Gasteiger partial charge in [0.15, 0.2) is 0 Å². The maximum Gasteiger partial charge on any atom is 0.392 e. The number of rotatable bonds is 4. The molecule has 3 heteroatoms. The summed E-state index contributed by atoms with van der Waals surface area (Å²) in [6, 6.07) is 0.0586. The van der Waals surface area contributed by atoms with Crippen molar-refractivity contribution in [2.75, 3.05) is 14.1 Å². The van der Waals surface area contributed by atoms with Crippen molar-refractivity contribution in [3.05, 3.63) is 24.8 Å². The van der Waals surface area contributed by atoms with E-state index in [1.54, 1.807) is 27.1 Å². The molecule has 13 heavy (non-hydrogen) atoms. The molecule has 1 atom stereocenters. The van der Waals surface area contributed by atoms with E-state index in [2.05, 4.69) is 13.2 Å². The van der Waals surface area contributed by atoms with Gasteiger partial charge in [0.25, 0.3) is 0 Å². The summed E-state index contributed by atoms with van der Waals surface area (Å²) in [7, 11) is 3.60. The third kappa shape index (κ3) is 3.42. The predicted molar refractivity (Wildman–Crippen MR) is 52.7 cm³/mol. The monoisotopic (exact) mass is 184 g/mol. The quantitative estimate of drug-likeness (QED) is 0.287. The molecule has 0 bridgehead atoms. The molecule has 0 aliphatic carbocycles. The molecular weight excluding hydrogens is 166 g/mol. The molecule has 0 N–H and O–H groups in total. The Balaban J connectivity index is 4.41. The van der Waals surface area contributed by atoms with Gasteiger partial charge in [0.1, 0.15) is 20.1 Å². The SMILES string of the molecule is C=CC(C)[N+](C)(C)OC(=O)C(=C)C. The van der Waals surface area contributed by atoms with Gasteiger partial charge in [-0.15, -0.1) is 4.65 Å². The van der Waals surface area contributed by atoms with E-state index in [-0.39, 0.29) is 16.7 Å². The molecule has 0 rings (SSSR count). The number of hydrogen-bond donors (Lipinski definition) is 0. The molecule has 0 aromatic rings. The van der Waals surface area contributed by atoms with E-state index in [9.17, 15) is 4.79 Å².